The average Bonchev–Trinajstić information content (AvgIpc) is 2.47. The molecule has 0 aromatic carbocycles. The minimum absolute atomic E-state index is 0. The van der Waals surface area contributed by atoms with E-state index < -0.39 is 0 Å². The number of aryl methyl sites for hydroxylation is 1. The molecular formula is C16H26IN5O. The highest BCUT2D eigenvalue weighted by atomic mass is 127. The van der Waals surface area contributed by atoms with Crippen LogP contribution in [0.5, 0.6) is 0 Å². The summed E-state index contributed by atoms with van der Waals surface area (Å²) in [4.78, 5) is 22.5. The summed E-state index contributed by atoms with van der Waals surface area (Å²) >= 11 is 0. The zero-order valence-electron chi connectivity index (χ0n) is 13.8. The van der Waals surface area contributed by atoms with E-state index in [1.807, 2.05) is 19.1 Å². The van der Waals surface area contributed by atoms with Crippen LogP contribution in [0.25, 0.3) is 0 Å². The van der Waals surface area contributed by atoms with Gasteiger partial charge in [-0.25, -0.2) is 4.98 Å². The highest BCUT2D eigenvalue weighted by Crippen LogP contribution is 2.14. The molecule has 1 unspecified atom stereocenters. The number of nitrogens with one attached hydrogen (secondary N) is 1. The van der Waals surface area contributed by atoms with E-state index in [0.29, 0.717) is 30.7 Å². The Morgan fingerprint density at radius 3 is 3.00 bits per heavy atom. The van der Waals surface area contributed by atoms with Crippen LogP contribution < -0.4 is 11.1 Å². The first-order valence-corrected chi connectivity index (χ1v) is 7.83. The molecule has 128 valence electrons. The SMILES string of the molecule is Cc1cccc(NC(=O)CCN=C(N)N2CCCC(C)C2)n1.I. The van der Waals surface area contributed by atoms with Crippen LogP contribution in [0, 0.1) is 12.8 Å². The zero-order chi connectivity index (χ0) is 15.9. The predicted octanol–water partition coefficient (Wildman–Crippen LogP) is 2.38. The molecule has 1 aromatic rings. The Kier molecular flexibility index (Phi) is 8.29. The fourth-order valence-electron chi connectivity index (χ4n) is 2.59. The number of nitrogens with two attached hydrogens (primary N) is 1. The summed E-state index contributed by atoms with van der Waals surface area (Å²) in [5, 5.41) is 2.77. The Morgan fingerprint density at radius 2 is 2.30 bits per heavy atom. The van der Waals surface area contributed by atoms with Crippen LogP contribution >= 0.6 is 24.0 Å². The van der Waals surface area contributed by atoms with Gasteiger partial charge < -0.3 is 16.0 Å². The van der Waals surface area contributed by atoms with E-state index in [2.05, 4.69) is 27.1 Å². The van der Waals surface area contributed by atoms with E-state index in [4.69, 9.17) is 5.73 Å². The number of rotatable bonds is 4. The molecule has 7 heteroatoms. The van der Waals surface area contributed by atoms with Gasteiger partial charge in [0.25, 0.3) is 0 Å². The molecule has 2 heterocycles. The lowest BCUT2D eigenvalue weighted by Crippen LogP contribution is -2.43. The fraction of sp³-hybridized carbons (Fsp3) is 0.562. The molecule has 23 heavy (non-hydrogen) atoms. The number of halogens is 1. The van der Waals surface area contributed by atoms with E-state index >= 15 is 0 Å². The van der Waals surface area contributed by atoms with E-state index in [9.17, 15) is 4.79 Å². The van der Waals surface area contributed by atoms with Gasteiger partial charge in [0.2, 0.25) is 5.91 Å². The van der Waals surface area contributed by atoms with Gasteiger partial charge in [0.05, 0.1) is 6.54 Å². The largest absolute Gasteiger partial charge is 0.370 e. The number of carbonyl (C=O) groups is 1. The molecule has 0 radical (unpaired) electrons. The summed E-state index contributed by atoms with van der Waals surface area (Å²) in [6.07, 6.45) is 2.70. The third kappa shape index (κ3) is 6.72. The Bertz CT molecular complexity index is 549. The number of pyridine rings is 1. The minimum atomic E-state index is -0.0957. The molecule has 0 bridgehead atoms. The lowest BCUT2D eigenvalue weighted by Gasteiger charge is -2.31. The first-order chi connectivity index (χ1) is 10.5. The maximum atomic E-state index is 11.9. The molecule has 3 N–H and O–H groups in total. The van der Waals surface area contributed by atoms with Crippen molar-refractivity contribution in [3.8, 4) is 0 Å². The first kappa shape index (κ1) is 19.7. The molecule has 1 fully saturated rings. The van der Waals surface area contributed by atoms with E-state index in [-0.39, 0.29) is 29.9 Å². The third-order valence-corrected chi connectivity index (χ3v) is 3.75. The number of hydrogen-bond donors (Lipinski definition) is 2. The van der Waals surface area contributed by atoms with Crippen LogP contribution in [-0.4, -0.2) is 41.4 Å². The van der Waals surface area contributed by atoms with Crippen molar-refractivity contribution in [2.24, 2.45) is 16.6 Å². The second-order valence-electron chi connectivity index (χ2n) is 5.90. The second kappa shape index (κ2) is 9.69. The normalized spacial score (nSPS) is 18.3. The number of hydrogen-bond acceptors (Lipinski definition) is 3. The van der Waals surface area contributed by atoms with Crippen molar-refractivity contribution in [2.75, 3.05) is 25.0 Å². The Labute approximate surface area is 155 Å². The summed E-state index contributed by atoms with van der Waals surface area (Å²) in [5.74, 6) is 1.68. The van der Waals surface area contributed by atoms with Crippen molar-refractivity contribution < 1.29 is 4.79 Å². The van der Waals surface area contributed by atoms with Gasteiger partial charge in [-0.15, -0.1) is 24.0 Å². The lowest BCUT2D eigenvalue weighted by molar-refractivity contribution is -0.116. The van der Waals surface area contributed by atoms with Gasteiger partial charge in [0, 0.05) is 25.2 Å². The topological polar surface area (TPSA) is 83.6 Å². The molecule has 1 aliphatic rings. The minimum Gasteiger partial charge on any atom is -0.370 e. The molecule has 0 saturated carbocycles. The van der Waals surface area contributed by atoms with Gasteiger partial charge in [-0.2, -0.15) is 0 Å². The van der Waals surface area contributed by atoms with Crippen molar-refractivity contribution in [2.45, 2.75) is 33.1 Å². The van der Waals surface area contributed by atoms with Crippen LogP contribution in [-0.2, 0) is 4.79 Å². The quantitative estimate of drug-likeness (QED) is 0.436. The number of guanidine groups is 1. The molecule has 1 saturated heterocycles. The summed E-state index contributed by atoms with van der Waals surface area (Å²) in [6.45, 7) is 6.42. The number of anilines is 1. The number of nitrogens with zero attached hydrogens (tertiary/aromatic N) is 3. The van der Waals surface area contributed by atoms with Gasteiger partial charge >= 0.3 is 0 Å². The molecular weight excluding hydrogens is 405 g/mol. The predicted molar refractivity (Wildman–Crippen MR) is 104 cm³/mol. The molecule has 1 amide bonds. The summed E-state index contributed by atoms with van der Waals surface area (Å²) < 4.78 is 0. The third-order valence-electron chi connectivity index (χ3n) is 3.75. The van der Waals surface area contributed by atoms with Crippen LogP contribution in [0.15, 0.2) is 23.2 Å². The summed E-state index contributed by atoms with van der Waals surface area (Å²) in [6, 6.07) is 5.53. The van der Waals surface area contributed by atoms with Crippen molar-refractivity contribution in [3.63, 3.8) is 0 Å². The number of piperidine rings is 1. The van der Waals surface area contributed by atoms with Gasteiger partial charge in [-0.05, 0) is 37.8 Å². The standard InChI is InChI=1S/C16H25N5O.HI/c1-12-5-4-10-21(11-12)16(17)18-9-8-15(22)20-14-7-3-6-13(2)19-14;/h3,6-7,12H,4-5,8-11H2,1-2H3,(H2,17,18)(H,19,20,22);1H. The fourth-order valence-corrected chi connectivity index (χ4v) is 2.59. The van der Waals surface area contributed by atoms with Gasteiger partial charge in [-0.1, -0.05) is 13.0 Å². The molecule has 1 aromatic heterocycles. The molecule has 1 atom stereocenters. The molecule has 0 aliphatic carbocycles. The lowest BCUT2D eigenvalue weighted by atomic mass is 10.0. The van der Waals surface area contributed by atoms with Crippen LogP contribution in [0.1, 0.15) is 31.9 Å². The Hall–Kier alpha value is -1.38. The molecule has 0 spiro atoms. The summed E-state index contributed by atoms with van der Waals surface area (Å²) in [5.41, 5.74) is 6.88. The maximum absolute atomic E-state index is 11.9. The number of amides is 1. The van der Waals surface area contributed by atoms with Gasteiger partial charge in [0.1, 0.15) is 5.82 Å². The number of aliphatic imine (C=N–C) groups is 1. The number of carbonyl (C=O) groups excluding carboxylic acids is 1. The molecule has 1 aliphatic heterocycles. The van der Waals surface area contributed by atoms with Crippen LogP contribution in [0.4, 0.5) is 5.82 Å². The average molecular weight is 431 g/mol. The molecule has 6 nitrogen and oxygen atoms in total. The highest BCUT2D eigenvalue weighted by Gasteiger charge is 2.17. The summed E-state index contributed by atoms with van der Waals surface area (Å²) in [7, 11) is 0. The first-order valence-electron chi connectivity index (χ1n) is 7.83. The van der Waals surface area contributed by atoms with Crippen molar-refractivity contribution in [1.82, 2.24) is 9.88 Å². The number of likely N-dealkylation sites (tertiary alicyclic amines) is 1. The Balaban J connectivity index is 0.00000264. The highest BCUT2D eigenvalue weighted by molar-refractivity contribution is 14.0. The second-order valence-corrected chi connectivity index (χ2v) is 5.90. The van der Waals surface area contributed by atoms with E-state index in [1.54, 1.807) is 6.07 Å². The van der Waals surface area contributed by atoms with E-state index in [0.717, 1.165) is 25.2 Å². The van der Waals surface area contributed by atoms with Gasteiger partial charge in [-0.3, -0.25) is 9.79 Å². The monoisotopic (exact) mass is 431 g/mol. The Morgan fingerprint density at radius 1 is 1.52 bits per heavy atom. The van der Waals surface area contributed by atoms with E-state index in [1.165, 1.54) is 6.42 Å². The smallest absolute Gasteiger partial charge is 0.227 e. The van der Waals surface area contributed by atoms with Crippen molar-refractivity contribution in [3.05, 3.63) is 23.9 Å². The van der Waals surface area contributed by atoms with Crippen LogP contribution in [0.2, 0.25) is 0 Å². The number of aromatic nitrogens is 1. The van der Waals surface area contributed by atoms with Crippen molar-refractivity contribution >= 4 is 41.7 Å². The van der Waals surface area contributed by atoms with Crippen molar-refractivity contribution in [1.29, 1.82) is 0 Å². The van der Waals surface area contributed by atoms with Gasteiger partial charge in [0.15, 0.2) is 5.96 Å². The van der Waals surface area contributed by atoms with Crippen LogP contribution in [0.3, 0.4) is 0 Å². The maximum Gasteiger partial charge on any atom is 0.227 e. The molecule has 2 rings (SSSR count). The zero-order valence-corrected chi connectivity index (χ0v) is 16.1.